The molecule has 0 aromatic heterocycles. The van der Waals surface area contributed by atoms with Crippen molar-refractivity contribution in [2.75, 3.05) is 19.6 Å². The predicted octanol–water partition coefficient (Wildman–Crippen LogP) is 2.49. The van der Waals surface area contributed by atoms with Crippen LogP contribution in [0.25, 0.3) is 0 Å². The van der Waals surface area contributed by atoms with E-state index in [1.165, 1.54) is 25.9 Å². The molecule has 0 bridgehead atoms. The van der Waals surface area contributed by atoms with Gasteiger partial charge in [0, 0.05) is 18.1 Å². The van der Waals surface area contributed by atoms with Crippen molar-refractivity contribution in [3.63, 3.8) is 0 Å². The van der Waals surface area contributed by atoms with E-state index in [9.17, 15) is 0 Å². The maximum absolute atomic E-state index is 3.58. The molecule has 0 aliphatic carbocycles. The van der Waals surface area contributed by atoms with Gasteiger partial charge in [0.1, 0.15) is 0 Å². The summed E-state index contributed by atoms with van der Waals surface area (Å²) in [7, 11) is 0. The molecule has 0 spiro atoms. The average molecular weight is 212 g/mol. The Kier molecular flexibility index (Phi) is 4.60. The van der Waals surface area contributed by atoms with Gasteiger partial charge in [0.05, 0.1) is 0 Å². The molecule has 1 N–H and O–H groups in total. The highest BCUT2D eigenvalue weighted by atomic mass is 15.2. The first-order chi connectivity index (χ1) is 6.92. The number of rotatable bonds is 3. The van der Waals surface area contributed by atoms with Crippen LogP contribution in [0.4, 0.5) is 0 Å². The van der Waals surface area contributed by atoms with E-state index < -0.39 is 0 Å². The topological polar surface area (TPSA) is 15.3 Å². The van der Waals surface area contributed by atoms with Crippen LogP contribution in [0.5, 0.6) is 0 Å². The summed E-state index contributed by atoms with van der Waals surface area (Å²) in [4.78, 5) is 2.66. The molecule has 1 fully saturated rings. The lowest BCUT2D eigenvalue weighted by molar-refractivity contribution is 0.114. The first-order valence-electron chi connectivity index (χ1n) is 6.40. The van der Waals surface area contributed by atoms with Gasteiger partial charge in [-0.05, 0) is 52.6 Å². The van der Waals surface area contributed by atoms with Crippen molar-refractivity contribution in [1.29, 1.82) is 0 Å². The first kappa shape index (κ1) is 13.0. The minimum atomic E-state index is 0.368. The molecule has 15 heavy (non-hydrogen) atoms. The van der Waals surface area contributed by atoms with Gasteiger partial charge in [-0.1, -0.05) is 13.8 Å². The number of nitrogens with one attached hydrogen (secondary N) is 1. The van der Waals surface area contributed by atoms with E-state index in [4.69, 9.17) is 0 Å². The van der Waals surface area contributed by atoms with E-state index in [0.29, 0.717) is 11.6 Å². The molecular weight excluding hydrogens is 184 g/mol. The molecular formula is C13H28N2. The van der Waals surface area contributed by atoms with Gasteiger partial charge >= 0.3 is 0 Å². The second-order valence-electron chi connectivity index (χ2n) is 6.05. The lowest BCUT2D eigenvalue weighted by Crippen LogP contribution is -2.46. The van der Waals surface area contributed by atoms with Gasteiger partial charge in [0.15, 0.2) is 0 Å². The maximum atomic E-state index is 3.58. The van der Waals surface area contributed by atoms with Crippen molar-refractivity contribution in [1.82, 2.24) is 10.2 Å². The molecule has 0 aromatic rings. The van der Waals surface area contributed by atoms with Crippen LogP contribution in [0.2, 0.25) is 0 Å². The summed E-state index contributed by atoms with van der Waals surface area (Å²) in [5.41, 5.74) is 0.368. The quantitative estimate of drug-likeness (QED) is 0.773. The average Bonchev–Trinajstić information content (AvgIpc) is 2.22. The summed E-state index contributed by atoms with van der Waals surface area (Å²) in [6.45, 7) is 15.3. The van der Waals surface area contributed by atoms with Crippen LogP contribution in [0.1, 0.15) is 47.5 Å². The molecule has 1 atom stereocenters. The molecule has 1 rings (SSSR count). The normalized spacial score (nSPS) is 28.0. The Labute approximate surface area is 95.4 Å². The fourth-order valence-electron chi connectivity index (χ4n) is 2.23. The van der Waals surface area contributed by atoms with E-state index >= 15 is 0 Å². The molecule has 0 radical (unpaired) electrons. The maximum Gasteiger partial charge on any atom is 0.0166 e. The smallest absolute Gasteiger partial charge is 0.0166 e. The molecule has 0 amide bonds. The van der Waals surface area contributed by atoms with Crippen molar-refractivity contribution in [2.45, 2.75) is 59.0 Å². The summed E-state index contributed by atoms with van der Waals surface area (Å²) < 4.78 is 0. The van der Waals surface area contributed by atoms with Crippen LogP contribution >= 0.6 is 0 Å². The number of hydrogen-bond acceptors (Lipinski definition) is 2. The zero-order valence-electron chi connectivity index (χ0n) is 11.1. The van der Waals surface area contributed by atoms with E-state index in [1.54, 1.807) is 0 Å². The molecule has 2 heteroatoms. The zero-order chi connectivity index (χ0) is 11.5. The first-order valence-corrected chi connectivity index (χ1v) is 6.40. The van der Waals surface area contributed by atoms with Gasteiger partial charge < -0.3 is 5.32 Å². The van der Waals surface area contributed by atoms with Crippen LogP contribution in [0.3, 0.4) is 0 Å². The Bertz CT molecular complexity index is 187. The van der Waals surface area contributed by atoms with Crippen molar-refractivity contribution in [3.8, 4) is 0 Å². The highest BCUT2D eigenvalue weighted by molar-refractivity contribution is 4.88. The van der Waals surface area contributed by atoms with Gasteiger partial charge in [-0.3, -0.25) is 4.90 Å². The molecule has 0 aromatic carbocycles. The fourth-order valence-corrected chi connectivity index (χ4v) is 2.23. The zero-order valence-corrected chi connectivity index (χ0v) is 11.1. The monoisotopic (exact) mass is 212 g/mol. The van der Waals surface area contributed by atoms with Crippen molar-refractivity contribution < 1.29 is 0 Å². The van der Waals surface area contributed by atoms with E-state index in [1.807, 2.05) is 0 Å². The third kappa shape index (κ3) is 4.12. The summed E-state index contributed by atoms with van der Waals surface area (Å²) in [5, 5.41) is 3.58. The molecule has 1 aliphatic heterocycles. The molecule has 90 valence electrons. The molecule has 1 aliphatic rings. The fraction of sp³-hybridized carbons (Fsp3) is 1.00. The Morgan fingerprint density at radius 1 is 1.40 bits per heavy atom. The molecule has 1 heterocycles. The minimum absolute atomic E-state index is 0.368. The SMILES string of the molecule is CC(C)CCN1CC(C)NCCC1(C)C. The van der Waals surface area contributed by atoms with Gasteiger partial charge in [0.25, 0.3) is 0 Å². The van der Waals surface area contributed by atoms with Crippen LogP contribution < -0.4 is 5.32 Å². The second-order valence-corrected chi connectivity index (χ2v) is 6.05. The van der Waals surface area contributed by atoms with Crippen LogP contribution in [-0.4, -0.2) is 36.1 Å². The third-order valence-corrected chi connectivity index (χ3v) is 3.56. The van der Waals surface area contributed by atoms with E-state index in [-0.39, 0.29) is 0 Å². The van der Waals surface area contributed by atoms with E-state index in [2.05, 4.69) is 44.8 Å². The van der Waals surface area contributed by atoms with Crippen molar-refractivity contribution in [3.05, 3.63) is 0 Å². The Morgan fingerprint density at radius 2 is 2.07 bits per heavy atom. The van der Waals surface area contributed by atoms with Crippen LogP contribution in [-0.2, 0) is 0 Å². The Hall–Kier alpha value is -0.0800. The molecule has 1 saturated heterocycles. The van der Waals surface area contributed by atoms with Crippen LogP contribution in [0.15, 0.2) is 0 Å². The second kappa shape index (κ2) is 5.31. The standard InChI is InChI=1S/C13H28N2/c1-11(2)6-9-15-10-12(3)14-8-7-13(15,4)5/h11-12,14H,6-10H2,1-5H3. The molecule has 1 unspecified atom stereocenters. The summed E-state index contributed by atoms with van der Waals surface area (Å²) in [5.74, 6) is 0.812. The van der Waals surface area contributed by atoms with Gasteiger partial charge in [-0.15, -0.1) is 0 Å². The third-order valence-electron chi connectivity index (χ3n) is 3.56. The van der Waals surface area contributed by atoms with Crippen molar-refractivity contribution in [2.24, 2.45) is 5.92 Å². The Balaban J connectivity index is 2.54. The summed E-state index contributed by atoms with van der Waals surface area (Å²) >= 11 is 0. The van der Waals surface area contributed by atoms with Crippen LogP contribution in [0, 0.1) is 5.92 Å². The summed E-state index contributed by atoms with van der Waals surface area (Å²) in [6, 6.07) is 0.638. The van der Waals surface area contributed by atoms with Gasteiger partial charge in [0.2, 0.25) is 0 Å². The van der Waals surface area contributed by atoms with Gasteiger partial charge in [-0.2, -0.15) is 0 Å². The largest absolute Gasteiger partial charge is 0.313 e. The molecule has 2 nitrogen and oxygen atoms in total. The summed E-state index contributed by atoms with van der Waals surface area (Å²) in [6.07, 6.45) is 2.57. The lowest BCUT2D eigenvalue weighted by Gasteiger charge is -2.38. The van der Waals surface area contributed by atoms with Crippen molar-refractivity contribution >= 4 is 0 Å². The molecule has 0 saturated carbocycles. The highest BCUT2D eigenvalue weighted by Gasteiger charge is 2.29. The number of hydrogen-bond donors (Lipinski definition) is 1. The van der Waals surface area contributed by atoms with E-state index in [0.717, 1.165) is 12.5 Å². The predicted molar refractivity (Wildman–Crippen MR) is 67.2 cm³/mol. The van der Waals surface area contributed by atoms with Gasteiger partial charge in [-0.25, -0.2) is 0 Å². The lowest BCUT2D eigenvalue weighted by atomic mass is 9.97. The number of nitrogens with zero attached hydrogens (tertiary/aromatic N) is 1. The Morgan fingerprint density at radius 3 is 2.67 bits per heavy atom. The highest BCUT2D eigenvalue weighted by Crippen LogP contribution is 2.22. The minimum Gasteiger partial charge on any atom is -0.313 e.